The average Bonchev–Trinajstić information content (AvgIpc) is 3.11. The zero-order valence-corrected chi connectivity index (χ0v) is 21.8. The molecule has 2 fully saturated rings. The Morgan fingerprint density at radius 2 is 1.97 bits per heavy atom. The average molecular weight is 530 g/mol. The summed E-state index contributed by atoms with van der Waals surface area (Å²) in [6, 6.07) is 8.29. The Labute approximate surface area is 221 Å². The van der Waals surface area contributed by atoms with E-state index in [2.05, 4.69) is 32.1 Å². The monoisotopic (exact) mass is 529 g/mol. The van der Waals surface area contributed by atoms with E-state index in [0.717, 1.165) is 51.0 Å². The summed E-state index contributed by atoms with van der Waals surface area (Å²) in [4.78, 5) is 13.8. The molecule has 2 saturated heterocycles. The van der Waals surface area contributed by atoms with E-state index in [1.165, 1.54) is 24.9 Å². The van der Waals surface area contributed by atoms with Gasteiger partial charge in [-0.3, -0.25) is 4.90 Å². The molecule has 3 aromatic rings. The number of hydrogen-bond acceptors (Lipinski definition) is 8. The highest BCUT2D eigenvalue weighted by Gasteiger charge is 2.20. The molecule has 2 aromatic carbocycles. The van der Waals surface area contributed by atoms with Crippen molar-refractivity contribution in [3.63, 3.8) is 0 Å². The molecule has 0 bridgehead atoms. The molecular formula is C27H33ClFN5O3. The number of fused-ring (bicyclic) bond motifs is 1. The van der Waals surface area contributed by atoms with Crippen molar-refractivity contribution in [2.24, 2.45) is 0 Å². The molecule has 5 rings (SSSR count). The van der Waals surface area contributed by atoms with E-state index < -0.39 is 5.82 Å². The number of benzene rings is 2. The van der Waals surface area contributed by atoms with Crippen LogP contribution in [0.4, 0.5) is 15.9 Å². The Bertz CT molecular complexity index is 1210. The molecule has 37 heavy (non-hydrogen) atoms. The van der Waals surface area contributed by atoms with Gasteiger partial charge in [-0.15, -0.1) is 0 Å². The Hall–Kier alpha value is -2.72. The number of aromatic nitrogens is 2. The predicted molar refractivity (Wildman–Crippen MR) is 143 cm³/mol. The smallest absolute Gasteiger partial charge is 0.145 e. The van der Waals surface area contributed by atoms with E-state index >= 15 is 0 Å². The maximum absolute atomic E-state index is 13.7. The highest BCUT2D eigenvalue weighted by atomic mass is 35.5. The number of halogens is 2. The number of hydrogen-bond donors (Lipinski definition) is 1. The summed E-state index contributed by atoms with van der Waals surface area (Å²) in [7, 11) is 2.17. The molecule has 0 atom stereocenters. The zero-order chi connectivity index (χ0) is 25.6. The molecule has 1 aromatic heterocycles. The van der Waals surface area contributed by atoms with Crippen LogP contribution in [0.1, 0.15) is 19.3 Å². The Kier molecular flexibility index (Phi) is 8.55. The van der Waals surface area contributed by atoms with Crippen LogP contribution in [0.25, 0.3) is 10.9 Å². The van der Waals surface area contributed by atoms with Crippen molar-refractivity contribution in [3.8, 4) is 11.5 Å². The third-order valence-corrected chi connectivity index (χ3v) is 7.10. The third-order valence-electron chi connectivity index (χ3n) is 6.81. The summed E-state index contributed by atoms with van der Waals surface area (Å²) >= 11 is 5.99. The number of nitrogens with one attached hydrogen (secondary N) is 1. The summed E-state index contributed by atoms with van der Waals surface area (Å²) in [6.45, 7) is 7.11. The normalized spacial score (nSPS) is 18.0. The molecule has 3 heterocycles. The minimum Gasteiger partial charge on any atom is -0.492 e. The van der Waals surface area contributed by atoms with Gasteiger partial charge in [0.05, 0.1) is 29.1 Å². The van der Waals surface area contributed by atoms with Crippen molar-refractivity contribution >= 4 is 34.0 Å². The summed E-state index contributed by atoms with van der Waals surface area (Å²) < 4.78 is 31.9. The van der Waals surface area contributed by atoms with Gasteiger partial charge in [0.25, 0.3) is 0 Å². The molecule has 0 amide bonds. The fourth-order valence-electron chi connectivity index (χ4n) is 4.70. The first-order valence-electron chi connectivity index (χ1n) is 12.8. The first kappa shape index (κ1) is 25.9. The van der Waals surface area contributed by atoms with Crippen molar-refractivity contribution in [3.05, 3.63) is 47.5 Å². The van der Waals surface area contributed by atoms with Gasteiger partial charge in [-0.25, -0.2) is 14.4 Å². The van der Waals surface area contributed by atoms with Gasteiger partial charge in [-0.2, -0.15) is 0 Å². The summed E-state index contributed by atoms with van der Waals surface area (Å²) in [5, 5.41) is 4.02. The summed E-state index contributed by atoms with van der Waals surface area (Å²) in [5.74, 6) is 1.43. The lowest BCUT2D eigenvalue weighted by molar-refractivity contribution is 0.0261. The maximum atomic E-state index is 13.7. The van der Waals surface area contributed by atoms with Crippen molar-refractivity contribution < 1.29 is 18.6 Å². The van der Waals surface area contributed by atoms with Crippen LogP contribution in [0.3, 0.4) is 0 Å². The van der Waals surface area contributed by atoms with Crippen molar-refractivity contribution in [2.75, 3.05) is 64.9 Å². The van der Waals surface area contributed by atoms with Crippen LogP contribution in [-0.2, 0) is 4.74 Å². The number of ether oxygens (including phenoxy) is 3. The van der Waals surface area contributed by atoms with Crippen LogP contribution in [0.2, 0.25) is 5.02 Å². The molecule has 0 radical (unpaired) electrons. The lowest BCUT2D eigenvalue weighted by Crippen LogP contribution is -2.32. The summed E-state index contributed by atoms with van der Waals surface area (Å²) in [5.41, 5.74) is 1.31. The van der Waals surface area contributed by atoms with E-state index in [-0.39, 0.29) is 11.1 Å². The van der Waals surface area contributed by atoms with Gasteiger partial charge < -0.3 is 24.4 Å². The summed E-state index contributed by atoms with van der Waals surface area (Å²) in [6.07, 6.45) is 4.29. The fourth-order valence-corrected chi connectivity index (χ4v) is 4.88. The Morgan fingerprint density at radius 3 is 2.81 bits per heavy atom. The quantitative estimate of drug-likeness (QED) is 0.448. The largest absolute Gasteiger partial charge is 0.492 e. The third kappa shape index (κ3) is 6.78. The Balaban J connectivity index is 1.39. The fraction of sp³-hybridized carbons (Fsp3) is 0.481. The zero-order valence-electron chi connectivity index (χ0n) is 21.1. The SMILES string of the molecule is CN1CCCN(CCOc2cc(OC3CCOCC3)c3c(Nc4ccc(F)c(Cl)c4)ncnc3c2)CC1. The van der Waals surface area contributed by atoms with Crippen molar-refractivity contribution in [1.29, 1.82) is 0 Å². The van der Waals surface area contributed by atoms with Crippen LogP contribution in [0.5, 0.6) is 11.5 Å². The highest BCUT2D eigenvalue weighted by molar-refractivity contribution is 6.31. The van der Waals surface area contributed by atoms with Crippen molar-refractivity contribution in [2.45, 2.75) is 25.4 Å². The standard InChI is InChI=1S/C27H33ClFN5O3/c1-33-7-2-8-34(10-9-33)11-14-36-21-16-24-26(25(17-21)37-20-5-12-35-13-6-20)27(31-18-30-24)32-19-3-4-23(29)22(28)15-19/h3-4,15-18,20H,2,5-14H2,1H3,(H,30,31,32). The van der Waals surface area contributed by atoms with E-state index in [1.54, 1.807) is 6.07 Å². The topological polar surface area (TPSA) is 72.0 Å². The molecule has 8 nitrogen and oxygen atoms in total. The van der Waals surface area contributed by atoms with Crippen LogP contribution in [0.15, 0.2) is 36.7 Å². The lowest BCUT2D eigenvalue weighted by atomic mass is 10.1. The maximum Gasteiger partial charge on any atom is 0.145 e. The van der Waals surface area contributed by atoms with Crippen LogP contribution in [-0.4, -0.2) is 85.5 Å². The second-order valence-electron chi connectivity index (χ2n) is 9.57. The Morgan fingerprint density at radius 1 is 1.11 bits per heavy atom. The molecule has 0 spiro atoms. The van der Waals surface area contributed by atoms with Gasteiger partial charge in [0.2, 0.25) is 0 Å². The number of nitrogens with zero attached hydrogens (tertiary/aromatic N) is 4. The predicted octanol–water partition coefficient (Wildman–Crippen LogP) is 4.74. The molecular weight excluding hydrogens is 497 g/mol. The van der Waals surface area contributed by atoms with Crippen LogP contribution >= 0.6 is 11.6 Å². The molecule has 0 saturated carbocycles. The minimum atomic E-state index is -0.475. The van der Waals surface area contributed by atoms with Crippen molar-refractivity contribution in [1.82, 2.24) is 19.8 Å². The van der Waals surface area contributed by atoms with Gasteiger partial charge in [-0.05, 0) is 44.8 Å². The van der Waals surface area contributed by atoms with Gasteiger partial charge in [0.1, 0.15) is 42.2 Å². The first-order chi connectivity index (χ1) is 18.0. The van der Waals surface area contributed by atoms with Gasteiger partial charge in [0.15, 0.2) is 0 Å². The molecule has 198 valence electrons. The molecule has 2 aliphatic heterocycles. The van der Waals surface area contributed by atoms with Gasteiger partial charge >= 0.3 is 0 Å². The van der Waals surface area contributed by atoms with E-state index in [1.807, 2.05) is 12.1 Å². The van der Waals surface area contributed by atoms with Gasteiger partial charge in [-0.1, -0.05) is 11.6 Å². The molecule has 1 N–H and O–H groups in total. The van der Waals surface area contributed by atoms with Gasteiger partial charge in [0, 0.05) is 50.3 Å². The first-order valence-corrected chi connectivity index (χ1v) is 13.2. The van der Waals surface area contributed by atoms with E-state index in [0.29, 0.717) is 48.3 Å². The molecule has 2 aliphatic rings. The second-order valence-corrected chi connectivity index (χ2v) is 9.98. The molecule has 10 heteroatoms. The molecule has 0 aliphatic carbocycles. The minimum absolute atomic E-state index is 0.0228. The van der Waals surface area contributed by atoms with E-state index in [9.17, 15) is 4.39 Å². The number of anilines is 2. The van der Waals surface area contributed by atoms with E-state index in [4.69, 9.17) is 25.8 Å². The van der Waals surface area contributed by atoms with Crippen LogP contribution in [0, 0.1) is 5.82 Å². The number of likely N-dealkylation sites (N-methyl/N-ethyl adjacent to an activating group) is 1. The second kappa shape index (κ2) is 12.2. The number of rotatable bonds is 8. The van der Waals surface area contributed by atoms with Crippen LogP contribution < -0.4 is 14.8 Å². The lowest BCUT2D eigenvalue weighted by Gasteiger charge is -2.25. The highest BCUT2D eigenvalue weighted by Crippen LogP contribution is 2.37. The molecule has 0 unspecified atom stereocenters.